The van der Waals surface area contributed by atoms with E-state index >= 15 is 0 Å². The minimum Gasteiger partial charge on any atom is -0.339 e. The first kappa shape index (κ1) is 12.3. The molecule has 4 N–H and O–H groups in total. The SMILES string of the molecule is NNc1cc(Nc2ccc(Br)cc2Br)ncn1. The van der Waals surface area contributed by atoms with Crippen LogP contribution in [0.4, 0.5) is 17.3 Å². The average Bonchev–Trinajstić information content (AvgIpc) is 2.33. The number of hydrogen-bond acceptors (Lipinski definition) is 5. The highest BCUT2D eigenvalue weighted by atomic mass is 79.9. The van der Waals surface area contributed by atoms with Crippen LogP contribution in [0.5, 0.6) is 0 Å². The van der Waals surface area contributed by atoms with Gasteiger partial charge in [0.2, 0.25) is 0 Å². The number of rotatable bonds is 3. The molecular formula is C10H9Br2N5. The summed E-state index contributed by atoms with van der Waals surface area (Å²) >= 11 is 6.86. The molecule has 0 aliphatic heterocycles. The van der Waals surface area contributed by atoms with E-state index < -0.39 is 0 Å². The van der Waals surface area contributed by atoms with Crippen LogP contribution in [0.3, 0.4) is 0 Å². The molecule has 0 atom stereocenters. The lowest BCUT2D eigenvalue weighted by atomic mass is 10.3. The second kappa shape index (κ2) is 5.44. The van der Waals surface area contributed by atoms with Crippen LogP contribution in [0.25, 0.3) is 0 Å². The number of nitrogens with zero attached hydrogens (tertiary/aromatic N) is 2. The van der Waals surface area contributed by atoms with Crippen LogP contribution in [0.15, 0.2) is 39.5 Å². The third kappa shape index (κ3) is 3.15. The fraction of sp³-hybridized carbons (Fsp3) is 0. The Balaban J connectivity index is 2.25. The highest BCUT2D eigenvalue weighted by molar-refractivity contribution is 9.11. The van der Waals surface area contributed by atoms with Gasteiger partial charge in [-0.2, -0.15) is 0 Å². The van der Waals surface area contributed by atoms with Crippen molar-refractivity contribution in [2.75, 3.05) is 10.7 Å². The molecule has 0 aliphatic rings. The van der Waals surface area contributed by atoms with Gasteiger partial charge in [0, 0.05) is 15.0 Å². The average molecular weight is 359 g/mol. The zero-order valence-electron chi connectivity index (χ0n) is 8.61. The van der Waals surface area contributed by atoms with Gasteiger partial charge >= 0.3 is 0 Å². The van der Waals surface area contributed by atoms with Gasteiger partial charge in [-0.05, 0) is 34.1 Å². The Morgan fingerprint density at radius 2 is 1.82 bits per heavy atom. The number of aromatic nitrogens is 2. The number of nitrogens with two attached hydrogens (primary N) is 1. The smallest absolute Gasteiger partial charge is 0.145 e. The molecule has 0 unspecified atom stereocenters. The fourth-order valence-electron chi connectivity index (χ4n) is 1.23. The third-order valence-electron chi connectivity index (χ3n) is 2.01. The van der Waals surface area contributed by atoms with Crippen molar-refractivity contribution in [3.05, 3.63) is 39.5 Å². The summed E-state index contributed by atoms with van der Waals surface area (Å²) in [6, 6.07) is 7.54. The lowest BCUT2D eigenvalue weighted by Crippen LogP contribution is -2.09. The predicted octanol–water partition coefficient (Wildman–Crippen LogP) is 3.03. The molecule has 0 aliphatic carbocycles. The molecule has 0 saturated carbocycles. The van der Waals surface area contributed by atoms with E-state index in [0.717, 1.165) is 14.6 Å². The summed E-state index contributed by atoms with van der Waals surface area (Å²) in [6.07, 6.45) is 1.43. The summed E-state index contributed by atoms with van der Waals surface area (Å²) in [7, 11) is 0. The molecule has 0 radical (unpaired) electrons. The van der Waals surface area contributed by atoms with Crippen LogP contribution in [-0.2, 0) is 0 Å². The maximum absolute atomic E-state index is 5.28. The van der Waals surface area contributed by atoms with Crippen molar-refractivity contribution < 1.29 is 0 Å². The Morgan fingerprint density at radius 3 is 2.53 bits per heavy atom. The lowest BCUT2D eigenvalue weighted by molar-refractivity contribution is 1.14. The quantitative estimate of drug-likeness (QED) is 0.580. The minimum absolute atomic E-state index is 0.552. The molecule has 5 nitrogen and oxygen atoms in total. The maximum Gasteiger partial charge on any atom is 0.145 e. The van der Waals surface area contributed by atoms with Gasteiger partial charge in [-0.15, -0.1) is 0 Å². The summed E-state index contributed by atoms with van der Waals surface area (Å²) < 4.78 is 1.94. The van der Waals surface area contributed by atoms with Gasteiger partial charge in [0.1, 0.15) is 18.0 Å². The second-order valence-corrected chi connectivity index (χ2v) is 4.95. The molecular weight excluding hydrogens is 350 g/mol. The van der Waals surface area contributed by atoms with Crippen LogP contribution < -0.4 is 16.6 Å². The van der Waals surface area contributed by atoms with Gasteiger partial charge in [0.25, 0.3) is 0 Å². The van der Waals surface area contributed by atoms with Gasteiger partial charge in [0.15, 0.2) is 0 Å². The summed E-state index contributed by atoms with van der Waals surface area (Å²) in [5.74, 6) is 6.49. The van der Waals surface area contributed by atoms with Gasteiger partial charge in [0.05, 0.1) is 5.69 Å². The van der Waals surface area contributed by atoms with E-state index in [-0.39, 0.29) is 0 Å². The molecule has 2 aromatic rings. The Bertz CT molecular complexity index is 532. The summed E-state index contributed by atoms with van der Waals surface area (Å²) in [5.41, 5.74) is 3.38. The zero-order valence-corrected chi connectivity index (χ0v) is 11.8. The first-order chi connectivity index (χ1) is 8.19. The van der Waals surface area contributed by atoms with Crippen LogP contribution >= 0.6 is 31.9 Å². The van der Waals surface area contributed by atoms with E-state index in [1.165, 1.54) is 6.33 Å². The second-order valence-electron chi connectivity index (χ2n) is 3.18. The minimum atomic E-state index is 0.552. The van der Waals surface area contributed by atoms with Crippen molar-refractivity contribution in [1.82, 2.24) is 9.97 Å². The van der Waals surface area contributed by atoms with Crippen LogP contribution in [0.2, 0.25) is 0 Å². The number of benzene rings is 1. The summed E-state index contributed by atoms with van der Waals surface area (Å²) in [5, 5.41) is 3.16. The molecule has 88 valence electrons. The number of nitrogen functional groups attached to an aromatic ring is 1. The lowest BCUT2D eigenvalue weighted by Gasteiger charge is -2.08. The number of nitrogens with one attached hydrogen (secondary N) is 2. The molecule has 1 heterocycles. The highest BCUT2D eigenvalue weighted by Gasteiger charge is 2.02. The molecule has 0 amide bonds. The predicted molar refractivity (Wildman–Crippen MR) is 75.0 cm³/mol. The van der Waals surface area contributed by atoms with E-state index in [1.54, 1.807) is 6.07 Å². The van der Waals surface area contributed by atoms with Crippen molar-refractivity contribution in [3.8, 4) is 0 Å². The fourth-order valence-corrected chi connectivity index (χ4v) is 2.38. The van der Waals surface area contributed by atoms with Crippen molar-refractivity contribution in [2.24, 2.45) is 5.84 Å². The molecule has 17 heavy (non-hydrogen) atoms. The van der Waals surface area contributed by atoms with E-state index in [2.05, 4.69) is 52.6 Å². The first-order valence-electron chi connectivity index (χ1n) is 4.70. The Hall–Kier alpha value is -1.18. The molecule has 2 rings (SSSR count). The van der Waals surface area contributed by atoms with Crippen molar-refractivity contribution in [1.29, 1.82) is 0 Å². The monoisotopic (exact) mass is 357 g/mol. The van der Waals surface area contributed by atoms with Gasteiger partial charge < -0.3 is 10.7 Å². The van der Waals surface area contributed by atoms with E-state index in [4.69, 9.17) is 5.84 Å². The standard InChI is InChI=1S/C10H9Br2N5/c11-6-1-2-8(7(12)3-6)16-9-4-10(17-13)15-5-14-9/h1-5H,13H2,(H2,14,15,16,17). The van der Waals surface area contributed by atoms with Crippen LogP contribution in [-0.4, -0.2) is 9.97 Å². The van der Waals surface area contributed by atoms with Crippen molar-refractivity contribution in [2.45, 2.75) is 0 Å². The molecule has 0 saturated heterocycles. The van der Waals surface area contributed by atoms with Gasteiger partial charge in [-0.3, -0.25) is 0 Å². The van der Waals surface area contributed by atoms with Gasteiger partial charge in [-0.1, -0.05) is 15.9 Å². The normalized spacial score (nSPS) is 10.1. The van der Waals surface area contributed by atoms with Crippen LogP contribution in [0, 0.1) is 0 Å². The van der Waals surface area contributed by atoms with Crippen molar-refractivity contribution in [3.63, 3.8) is 0 Å². The largest absolute Gasteiger partial charge is 0.339 e. The maximum atomic E-state index is 5.28. The Morgan fingerprint density at radius 1 is 1.06 bits per heavy atom. The van der Waals surface area contributed by atoms with E-state index in [0.29, 0.717) is 11.6 Å². The Kier molecular flexibility index (Phi) is 3.93. The molecule has 0 spiro atoms. The number of hydrazine groups is 1. The topological polar surface area (TPSA) is 75.9 Å². The third-order valence-corrected chi connectivity index (χ3v) is 3.16. The molecule has 7 heteroatoms. The number of anilines is 3. The molecule has 1 aromatic heterocycles. The number of hydrogen-bond donors (Lipinski definition) is 3. The summed E-state index contributed by atoms with van der Waals surface area (Å²) in [6.45, 7) is 0. The Labute approximate surface area is 115 Å². The zero-order chi connectivity index (χ0) is 12.3. The van der Waals surface area contributed by atoms with Crippen molar-refractivity contribution >= 4 is 49.2 Å². The van der Waals surface area contributed by atoms with E-state index in [9.17, 15) is 0 Å². The van der Waals surface area contributed by atoms with Gasteiger partial charge in [-0.25, -0.2) is 15.8 Å². The molecule has 1 aromatic carbocycles. The highest BCUT2D eigenvalue weighted by Crippen LogP contribution is 2.28. The first-order valence-corrected chi connectivity index (χ1v) is 6.28. The number of halogens is 2. The molecule has 0 fully saturated rings. The summed E-state index contributed by atoms with van der Waals surface area (Å²) in [4.78, 5) is 8.03. The van der Waals surface area contributed by atoms with E-state index in [1.807, 2.05) is 18.2 Å². The molecule has 0 bridgehead atoms. The van der Waals surface area contributed by atoms with Crippen LogP contribution in [0.1, 0.15) is 0 Å².